The molecule has 1 heterocycles. The van der Waals surface area contributed by atoms with Crippen LogP contribution in [0.4, 0.5) is 0 Å². The van der Waals surface area contributed by atoms with Gasteiger partial charge in [0.05, 0.1) is 0 Å². The first-order chi connectivity index (χ1) is 5.57. The van der Waals surface area contributed by atoms with Crippen LogP contribution in [0.25, 0.3) is 0 Å². The van der Waals surface area contributed by atoms with E-state index in [0.717, 1.165) is 0 Å². The highest BCUT2D eigenvalue weighted by molar-refractivity contribution is 4.96. The summed E-state index contributed by atoms with van der Waals surface area (Å²) in [4.78, 5) is 0. The summed E-state index contributed by atoms with van der Waals surface area (Å²) in [5.74, 6) is 0. The Kier molecular flexibility index (Phi) is 2.81. The molecular formula is C7H12O5. The molecule has 1 aliphatic heterocycles. The zero-order valence-electron chi connectivity index (χ0n) is 6.37. The van der Waals surface area contributed by atoms with Gasteiger partial charge in [0.1, 0.15) is 24.4 Å². The van der Waals surface area contributed by atoms with E-state index in [-0.39, 0.29) is 0 Å². The average molecular weight is 176 g/mol. The van der Waals surface area contributed by atoms with Crippen molar-refractivity contribution in [3.8, 4) is 0 Å². The van der Waals surface area contributed by atoms with Gasteiger partial charge in [-0.25, -0.2) is 0 Å². The lowest BCUT2D eigenvalue weighted by molar-refractivity contribution is -0.271. The molecule has 0 saturated carbocycles. The number of hydrogen-bond acceptors (Lipinski definition) is 5. The highest BCUT2D eigenvalue weighted by Crippen LogP contribution is 2.19. The lowest BCUT2D eigenvalue weighted by atomic mass is 9.99. The maximum Gasteiger partial charge on any atom is 0.184 e. The molecule has 1 rings (SSSR count). The summed E-state index contributed by atoms with van der Waals surface area (Å²) >= 11 is 0. The first kappa shape index (κ1) is 9.63. The van der Waals surface area contributed by atoms with Crippen molar-refractivity contribution in [1.82, 2.24) is 0 Å². The van der Waals surface area contributed by atoms with Gasteiger partial charge in [-0.05, 0) is 0 Å². The number of rotatable bonds is 1. The smallest absolute Gasteiger partial charge is 0.184 e. The largest absolute Gasteiger partial charge is 0.387 e. The highest BCUT2D eigenvalue weighted by atomic mass is 16.6. The normalized spacial score (nSPS) is 48.8. The molecule has 0 amide bonds. The fraction of sp³-hybridized carbons (Fsp3) is 0.714. The minimum Gasteiger partial charge on any atom is -0.387 e. The van der Waals surface area contributed by atoms with Crippen LogP contribution in [0.3, 0.4) is 0 Å². The van der Waals surface area contributed by atoms with Crippen LogP contribution in [0.2, 0.25) is 0 Å². The van der Waals surface area contributed by atoms with Crippen LogP contribution in [0, 0.1) is 0 Å². The van der Waals surface area contributed by atoms with Crippen molar-refractivity contribution in [2.24, 2.45) is 0 Å². The number of ether oxygens (including phenoxy) is 1. The summed E-state index contributed by atoms with van der Waals surface area (Å²) in [6, 6.07) is 0. The second-order valence-electron chi connectivity index (χ2n) is 2.70. The predicted octanol–water partition coefficient (Wildman–Crippen LogP) is -2.03. The lowest BCUT2D eigenvalue weighted by Gasteiger charge is -2.36. The van der Waals surface area contributed by atoms with E-state index in [0.29, 0.717) is 0 Å². The lowest BCUT2D eigenvalue weighted by Crippen LogP contribution is -2.56. The van der Waals surface area contributed by atoms with Gasteiger partial charge in [0, 0.05) is 0 Å². The fourth-order valence-corrected chi connectivity index (χ4v) is 1.08. The molecule has 0 aromatic heterocycles. The fourth-order valence-electron chi connectivity index (χ4n) is 1.08. The summed E-state index contributed by atoms with van der Waals surface area (Å²) < 4.78 is 4.71. The van der Waals surface area contributed by atoms with Crippen LogP contribution >= 0.6 is 0 Å². The summed E-state index contributed by atoms with van der Waals surface area (Å²) in [5.41, 5.74) is 0. The monoisotopic (exact) mass is 176 g/mol. The Labute approximate surface area is 69.5 Å². The Balaban J connectivity index is 2.70. The van der Waals surface area contributed by atoms with Crippen LogP contribution in [0.15, 0.2) is 12.7 Å². The SMILES string of the molecule is C=C[C@H]1OC(O)[C@@H](O)[C@@H](O)[C@@H]1O. The van der Waals surface area contributed by atoms with E-state index >= 15 is 0 Å². The molecule has 5 nitrogen and oxygen atoms in total. The third-order valence-corrected chi connectivity index (χ3v) is 1.86. The second kappa shape index (κ2) is 3.51. The van der Waals surface area contributed by atoms with E-state index in [2.05, 4.69) is 6.58 Å². The van der Waals surface area contributed by atoms with Crippen molar-refractivity contribution in [3.63, 3.8) is 0 Å². The Morgan fingerprint density at radius 1 is 1.00 bits per heavy atom. The maximum absolute atomic E-state index is 9.21. The van der Waals surface area contributed by atoms with Crippen molar-refractivity contribution in [2.45, 2.75) is 30.7 Å². The van der Waals surface area contributed by atoms with Crippen LogP contribution in [0.5, 0.6) is 0 Å². The van der Waals surface area contributed by atoms with Crippen LogP contribution in [-0.2, 0) is 4.74 Å². The molecule has 0 radical (unpaired) electrons. The average Bonchev–Trinajstić information content (AvgIpc) is 2.08. The van der Waals surface area contributed by atoms with Gasteiger partial charge in [-0.15, -0.1) is 6.58 Å². The first-order valence-corrected chi connectivity index (χ1v) is 3.58. The second-order valence-corrected chi connectivity index (χ2v) is 2.70. The van der Waals surface area contributed by atoms with Crippen molar-refractivity contribution in [1.29, 1.82) is 0 Å². The maximum atomic E-state index is 9.21. The molecular weight excluding hydrogens is 164 g/mol. The van der Waals surface area contributed by atoms with E-state index in [1.807, 2.05) is 0 Å². The Hall–Kier alpha value is -0.460. The van der Waals surface area contributed by atoms with Crippen molar-refractivity contribution >= 4 is 0 Å². The minimum atomic E-state index is -1.48. The van der Waals surface area contributed by atoms with Gasteiger partial charge in [-0.2, -0.15) is 0 Å². The standard InChI is InChI=1S/C7H12O5/c1-2-3-4(8)5(9)6(10)7(11)12-3/h2-11H,1H2/t3-,4-,5+,6+,7?/m1/s1. The molecule has 1 aliphatic rings. The summed E-state index contributed by atoms with van der Waals surface area (Å²) in [6.45, 7) is 3.34. The van der Waals surface area contributed by atoms with Gasteiger partial charge < -0.3 is 25.2 Å². The Morgan fingerprint density at radius 2 is 1.58 bits per heavy atom. The van der Waals surface area contributed by atoms with Crippen LogP contribution in [-0.4, -0.2) is 51.1 Å². The number of aliphatic hydroxyl groups is 4. The molecule has 1 saturated heterocycles. The Bertz CT molecular complexity index is 171. The summed E-state index contributed by atoms with van der Waals surface area (Å²) in [5, 5.41) is 36.3. The molecule has 12 heavy (non-hydrogen) atoms. The molecule has 5 heteroatoms. The van der Waals surface area contributed by atoms with Gasteiger partial charge in [-0.3, -0.25) is 0 Å². The van der Waals surface area contributed by atoms with Gasteiger partial charge in [0.2, 0.25) is 0 Å². The molecule has 0 aromatic carbocycles. The third-order valence-electron chi connectivity index (χ3n) is 1.86. The third kappa shape index (κ3) is 1.50. The quantitative estimate of drug-likeness (QED) is 0.346. The van der Waals surface area contributed by atoms with E-state index < -0.39 is 30.7 Å². The Morgan fingerprint density at radius 3 is 2.08 bits per heavy atom. The molecule has 1 fully saturated rings. The predicted molar refractivity (Wildman–Crippen MR) is 39.1 cm³/mol. The van der Waals surface area contributed by atoms with Crippen LogP contribution in [0.1, 0.15) is 0 Å². The topological polar surface area (TPSA) is 90.2 Å². The van der Waals surface area contributed by atoms with E-state index in [1.54, 1.807) is 0 Å². The molecule has 0 aromatic rings. The first-order valence-electron chi connectivity index (χ1n) is 3.58. The molecule has 1 unspecified atom stereocenters. The molecule has 70 valence electrons. The van der Waals surface area contributed by atoms with E-state index in [9.17, 15) is 5.11 Å². The van der Waals surface area contributed by atoms with E-state index in [1.165, 1.54) is 6.08 Å². The highest BCUT2D eigenvalue weighted by Gasteiger charge is 2.41. The summed E-state index contributed by atoms with van der Waals surface area (Å²) in [7, 11) is 0. The zero-order valence-corrected chi connectivity index (χ0v) is 6.37. The summed E-state index contributed by atoms with van der Waals surface area (Å²) in [6.07, 6.45) is -5.21. The molecule has 5 atom stereocenters. The van der Waals surface area contributed by atoms with Crippen molar-refractivity contribution in [2.75, 3.05) is 0 Å². The van der Waals surface area contributed by atoms with Gasteiger partial charge >= 0.3 is 0 Å². The van der Waals surface area contributed by atoms with Crippen LogP contribution < -0.4 is 0 Å². The van der Waals surface area contributed by atoms with Gasteiger partial charge in [0.15, 0.2) is 6.29 Å². The molecule has 0 spiro atoms. The van der Waals surface area contributed by atoms with Gasteiger partial charge in [-0.1, -0.05) is 6.08 Å². The van der Waals surface area contributed by atoms with Gasteiger partial charge in [0.25, 0.3) is 0 Å². The molecule has 4 N–H and O–H groups in total. The number of aliphatic hydroxyl groups excluding tert-OH is 4. The molecule has 0 aliphatic carbocycles. The van der Waals surface area contributed by atoms with Crippen molar-refractivity contribution in [3.05, 3.63) is 12.7 Å². The number of hydrogen-bond donors (Lipinski definition) is 4. The van der Waals surface area contributed by atoms with E-state index in [4.69, 9.17) is 20.1 Å². The van der Waals surface area contributed by atoms with Crippen molar-refractivity contribution < 1.29 is 25.2 Å². The molecule has 0 bridgehead atoms. The minimum absolute atomic E-state index is 0.849. The zero-order chi connectivity index (χ0) is 9.30.